The van der Waals surface area contributed by atoms with Crippen molar-refractivity contribution in [3.8, 4) is 0 Å². The van der Waals surface area contributed by atoms with Gasteiger partial charge in [-0.2, -0.15) is 4.73 Å². The highest BCUT2D eigenvalue weighted by molar-refractivity contribution is 6.61. The van der Waals surface area contributed by atoms with Gasteiger partial charge in [0.2, 0.25) is 0 Å². The quantitative estimate of drug-likeness (QED) is 0.654. The minimum absolute atomic E-state index is 0.705. The SMILES string of the molecule is O=C(Cl)On1cnc2ccccc21. The van der Waals surface area contributed by atoms with Gasteiger partial charge in [-0.3, -0.25) is 0 Å². The zero-order valence-corrected chi connectivity index (χ0v) is 7.23. The van der Waals surface area contributed by atoms with Gasteiger partial charge in [0.25, 0.3) is 0 Å². The summed E-state index contributed by atoms with van der Waals surface area (Å²) in [5.41, 5.74) is 0.570. The molecular formula is C8H5ClN2O2. The molecule has 0 aliphatic rings. The van der Waals surface area contributed by atoms with Crippen LogP contribution in [-0.4, -0.2) is 15.1 Å². The number of para-hydroxylation sites is 2. The van der Waals surface area contributed by atoms with Crippen molar-refractivity contribution in [1.82, 2.24) is 9.71 Å². The number of benzene rings is 1. The lowest BCUT2D eigenvalue weighted by Gasteiger charge is -1.98. The van der Waals surface area contributed by atoms with E-state index in [4.69, 9.17) is 11.6 Å². The maximum atomic E-state index is 10.4. The van der Waals surface area contributed by atoms with E-state index in [1.54, 1.807) is 6.07 Å². The molecule has 0 saturated carbocycles. The highest BCUT2D eigenvalue weighted by Crippen LogP contribution is 2.10. The van der Waals surface area contributed by atoms with Gasteiger partial charge in [0, 0.05) is 11.6 Å². The van der Waals surface area contributed by atoms with Crippen LogP contribution in [0.4, 0.5) is 4.79 Å². The summed E-state index contributed by atoms with van der Waals surface area (Å²) in [7, 11) is 0. The van der Waals surface area contributed by atoms with Gasteiger partial charge in [-0.15, -0.1) is 0 Å². The van der Waals surface area contributed by atoms with Crippen molar-refractivity contribution >= 4 is 28.1 Å². The Labute approximate surface area is 78.6 Å². The van der Waals surface area contributed by atoms with E-state index in [0.717, 1.165) is 5.52 Å². The van der Waals surface area contributed by atoms with E-state index in [1.807, 2.05) is 18.2 Å². The first-order chi connectivity index (χ1) is 6.27. The fourth-order valence-electron chi connectivity index (χ4n) is 1.09. The summed E-state index contributed by atoms with van der Waals surface area (Å²) in [6.07, 6.45) is 1.39. The normalized spacial score (nSPS) is 10.2. The van der Waals surface area contributed by atoms with E-state index < -0.39 is 5.43 Å². The Hall–Kier alpha value is -1.55. The van der Waals surface area contributed by atoms with Gasteiger partial charge in [-0.25, -0.2) is 9.78 Å². The van der Waals surface area contributed by atoms with E-state index in [0.29, 0.717) is 5.52 Å². The third-order valence-corrected chi connectivity index (χ3v) is 1.66. The number of carbonyl (C=O) groups excluding carboxylic acids is 1. The summed E-state index contributed by atoms with van der Waals surface area (Å²) < 4.78 is 1.23. The van der Waals surface area contributed by atoms with E-state index in [-0.39, 0.29) is 0 Å². The molecule has 2 rings (SSSR count). The molecule has 0 aliphatic carbocycles. The summed E-state index contributed by atoms with van der Waals surface area (Å²) in [5, 5.41) is 0. The van der Waals surface area contributed by atoms with Crippen LogP contribution in [0.25, 0.3) is 11.0 Å². The molecule has 0 amide bonds. The van der Waals surface area contributed by atoms with Crippen LogP contribution < -0.4 is 4.84 Å². The molecule has 0 N–H and O–H groups in total. The lowest BCUT2D eigenvalue weighted by Crippen LogP contribution is -2.11. The first-order valence-corrected chi connectivity index (χ1v) is 3.95. The molecule has 0 saturated heterocycles. The number of imidazole rings is 1. The van der Waals surface area contributed by atoms with E-state index in [1.165, 1.54) is 11.1 Å². The first-order valence-electron chi connectivity index (χ1n) is 3.57. The Bertz CT molecular complexity index is 452. The molecule has 2 aromatic rings. The number of nitrogens with zero attached hydrogens (tertiary/aromatic N) is 2. The largest absolute Gasteiger partial charge is 0.428 e. The van der Waals surface area contributed by atoms with Crippen LogP contribution >= 0.6 is 11.6 Å². The molecule has 0 fully saturated rings. The number of carbonyl (C=O) groups is 1. The maximum Gasteiger partial charge on any atom is 0.428 e. The van der Waals surface area contributed by atoms with Gasteiger partial charge in [0.15, 0.2) is 0 Å². The molecule has 0 bridgehead atoms. The number of aromatic nitrogens is 2. The molecule has 1 aromatic heterocycles. The Balaban J connectivity index is 2.51. The molecule has 0 spiro atoms. The molecule has 66 valence electrons. The number of halogens is 1. The van der Waals surface area contributed by atoms with Gasteiger partial charge in [-0.1, -0.05) is 12.1 Å². The summed E-state index contributed by atoms with van der Waals surface area (Å²) in [6.45, 7) is 0. The zero-order valence-electron chi connectivity index (χ0n) is 6.48. The van der Waals surface area contributed by atoms with Crippen LogP contribution in [0.3, 0.4) is 0 Å². The zero-order chi connectivity index (χ0) is 9.26. The van der Waals surface area contributed by atoms with Crippen LogP contribution in [0, 0.1) is 0 Å². The van der Waals surface area contributed by atoms with Crippen molar-refractivity contribution < 1.29 is 9.63 Å². The van der Waals surface area contributed by atoms with Crippen molar-refractivity contribution in [1.29, 1.82) is 0 Å². The third kappa shape index (κ3) is 1.48. The summed E-state index contributed by atoms with van der Waals surface area (Å²) >= 11 is 5.06. The number of hydrogen-bond donors (Lipinski definition) is 0. The van der Waals surface area contributed by atoms with Gasteiger partial charge < -0.3 is 4.84 Å². The molecular weight excluding hydrogens is 192 g/mol. The Kier molecular flexibility index (Phi) is 1.90. The highest BCUT2D eigenvalue weighted by Gasteiger charge is 2.04. The van der Waals surface area contributed by atoms with Crippen molar-refractivity contribution in [3.05, 3.63) is 30.6 Å². The number of hydrogen-bond acceptors (Lipinski definition) is 3. The average Bonchev–Trinajstić information content (AvgIpc) is 2.48. The van der Waals surface area contributed by atoms with Gasteiger partial charge in [0.1, 0.15) is 11.8 Å². The van der Waals surface area contributed by atoms with Crippen LogP contribution in [0.1, 0.15) is 0 Å². The minimum atomic E-state index is -0.886. The molecule has 0 unspecified atom stereocenters. The van der Waals surface area contributed by atoms with Crippen LogP contribution in [0.2, 0.25) is 0 Å². The fraction of sp³-hybridized carbons (Fsp3) is 0. The molecule has 1 aromatic carbocycles. The third-order valence-electron chi connectivity index (χ3n) is 1.59. The predicted octanol–water partition coefficient (Wildman–Crippen LogP) is 1.82. The van der Waals surface area contributed by atoms with Gasteiger partial charge >= 0.3 is 5.43 Å². The lowest BCUT2D eigenvalue weighted by molar-refractivity contribution is 0.164. The van der Waals surface area contributed by atoms with Crippen molar-refractivity contribution in [2.24, 2.45) is 0 Å². The standard InChI is InChI=1S/C8H5ClN2O2/c9-8(12)13-11-5-10-6-3-1-2-4-7(6)11/h1-5H. The van der Waals surface area contributed by atoms with E-state index in [2.05, 4.69) is 9.82 Å². The number of fused-ring (bicyclic) bond motifs is 1. The van der Waals surface area contributed by atoms with E-state index >= 15 is 0 Å². The lowest BCUT2D eigenvalue weighted by atomic mass is 10.3. The first kappa shape index (κ1) is 8.07. The minimum Gasteiger partial charge on any atom is -0.320 e. The van der Waals surface area contributed by atoms with Crippen molar-refractivity contribution in [2.45, 2.75) is 0 Å². The predicted molar refractivity (Wildman–Crippen MR) is 47.6 cm³/mol. The average molecular weight is 197 g/mol. The van der Waals surface area contributed by atoms with Gasteiger partial charge in [0.05, 0.1) is 5.52 Å². The second kappa shape index (κ2) is 3.06. The molecule has 5 heteroatoms. The molecule has 0 radical (unpaired) electrons. The summed E-state index contributed by atoms with van der Waals surface area (Å²) in [5.74, 6) is 0. The topological polar surface area (TPSA) is 44.1 Å². The molecule has 4 nitrogen and oxygen atoms in total. The molecule has 1 heterocycles. The fourth-order valence-corrected chi connectivity index (χ4v) is 1.16. The second-order valence-electron chi connectivity index (χ2n) is 2.39. The van der Waals surface area contributed by atoms with Crippen LogP contribution in [0.5, 0.6) is 0 Å². The van der Waals surface area contributed by atoms with Gasteiger partial charge in [-0.05, 0) is 12.1 Å². The smallest absolute Gasteiger partial charge is 0.320 e. The summed E-state index contributed by atoms with van der Waals surface area (Å²) in [6, 6.07) is 7.26. The van der Waals surface area contributed by atoms with Crippen molar-refractivity contribution in [3.63, 3.8) is 0 Å². The second-order valence-corrected chi connectivity index (χ2v) is 2.70. The molecule has 13 heavy (non-hydrogen) atoms. The van der Waals surface area contributed by atoms with Crippen molar-refractivity contribution in [2.75, 3.05) is 0 Å². The van der Waals surface area contributed by atoms with Crippen LogP contribution in [-0.2, 0) is 0 Å². The maximum absolute atomic E-state index is 10.4. The number of rotatable bonds is 1. The molecule has 0 aliphatic heterocycles. The Morgan fingerprint density at radius 3 is 3.00 bits per heavy atom. The van der Waals surface area contributed by atoms with Crippen LogP contribution in [0.15, 0.2) is 30.6 Å². The Morgan fingerprint density at radius 2 is 2.23 bits per heavy atom. The van der Waals surface area contributed by atoms with E-state index in [9.17, 15) is 4.79 Å². The summed E-state index contributed by atoms with van der Waals surface area (Å²) in [4.78, 5) is 19.1. The monoisotopic (exact) mass is 196 g/mol. The Morgan fingerprint density at radius 1 is 1.46 bits per heavy atom. The highest BCUT2D eigenvalue weighted by atomic mass is 35.5. The molecule has 0 atom stereocenters.